The van der Waals surface area contributed by atoms with Crippen LogP contribution in [-0.4, -0.2) is 67.0 Å². The van der Waals surface area contributed by atoms with Crippen LogP contribution in [0.4, 0.5) is 0 Å². The van der Waals surface area contributed by atoms with Gasteiger partial charge in [0.15, 0.2) is 11.5 Å². The van der Waals surface area contributed by atoms with E-state index in [1.807, 2.05) is 0 Å². The van der Waals surface area contributed by atoms with Gasteiger partial charge in [0.2, 0.25) is 5.78 Å². The van der Waals surface area contributed by atoms with Crippen LogP contribution in [0.25, 0.3) is 0 Å². The van der Waals surface area contributed by atoms with Crippen LogP contribution >= 0.6 is 0 Å². The topological polar surface area (TPSA) is 92.5 Å². The molecule has 1 aliphatic rings. The number of aliphatic hydroxyl groups excluding tert-OH is 1. The van der Waals surface area contributed by atoms with Gasteiger partial charge >= 0.3 is 0 Å². The Balaban J connectivity index is 2.04. The first kappa shape index (κ1) is 23.4. The molecular weight excluding hydrogens is 412 g/mol. The molecule has 8 heteroatoms. The molecule has 172 valence electrons. The zero-order valence-electron chi connectivity index (χ0n) is 19.0. The van der Waals surface area contributed by atoms with Crippen molar-refractivity contribution >= 4 is 11.7 Å². The summed E-state index contributed by atoms with van der Waals surface area (Å²) < 4.78 is 16.2. The third-order valence-electron chi connectivity index (χ3n) is 5.79. The normalized spacial score (nSPS) is 16.2. The number of ether oxygens (including phenoxy) is 2. The molecule has 0 unspecified atom stereocenters. The maximum atomic E-state index is 13.3. The molecule has 1 atom stereocenters. The molecular formula is C24H30N2O6. The molecule has 0 saturated carbocycles. The SMILES string of the molecule is CCN(CC)CCCN1C(=O)C(O)=C(C(=O)c2ccco2)[C@H]1c1cc(OC)ccc1OC. The molecule has 3 rings (SSSR count). The summed E-state index contributed by atoms with van der Waals surface area (Å²) in [5.74, 6) is -0.610. The highest BCUT2D eigenvalue weighted by Gasteiger charge is 2.45. The number of aliphatic hydroxyl groups is 1. The summed E-state index contributed by atoms with van der Waals surface area (Å²) in [4.78, 5) is 30.1. The molecule has 1 aliphatic heterocycles. The largest absolute Gasteiger partial charge is 0.503 e. The summed E-state index contributed by atoms with van der Waals surface area (Å²) in [6.45, 7) is 7.14. The molecule has 1 aromatic heterocycles. The third-order valence-corrected chi connectivity index (χ3v) is 5.79. The second kappa shape index (κ2) is 10.4. The Morgan fingerprint density at radius 1 is 1.19 bits per heavy atom. The summed E-state index contributed by atoms with van der Waals surface area (Å²) in [5, 5.41) is 10.8. The molecule has 1 N–H and O–H groups in total. The summed E-state index contributed by atoms with van der Waals surface area (Å²) in [6, 6.07) is 7.45. The van der Waals surface area contributed by atoms with Crippen molar-refractivity contribution in [3.63, 3.8) is 0 Å². The lowest BCUT2D eigenvalue weighted by atomic mass is 9.94. The van der Waals surface area contributed by atoms with Crippen LogP contribution in [-0.2, 0) is 4.79 Å². The maximum absolute atomic E-state index is 13.3. The Hall–Kier alpha value is -3.26. The Morgan fingerprint density at radius 2 is 1.94 bits per heavy atom. The number of hydrogen-bond acceptors (Lipinski definition) is 7. The molecule has 8 nitrogen and oxygen atoms in total. The fourth-order valence-electron chi connectivity index (χ4n) is 4.04. The fraction of sp³-hybridized carbons (Fsp3) is 0.417. The number of Topliss-reactive ketones (excluding diaryl/α,β-unsaturated/α-hetero) is 1. The van der Waals surface area contributed by atoms with E-state index in [1.165, 1.54) is 31.4 Å². The first-order valence-electron chi connectivity index (χ1n) is 10.7. The molecule has 0 fully saturated rings. The van der Waals surface area contributed by atoms with Crippen molar-refractivity contribution < 1.29 is 28.6 Å². The molecule has 32 heavy (non-hydrogen) atoms. The number of benzene rings is 1. The van der Waals surface area contributed by atoms with Gasteiger partial charge in [-0.1, -0.05) is 13.8 Å². The number of furan rings is 1. The van der Waals surface area contributed by atoms with Crippen molar-refractivity contribution in [3.05, 3.63) is 59.3 Å². The molecule has 0 saturated heterocycles. The van der Waals surface area contributed by atoms with Gasteiger partial charge in [-0.3, -0.25) is 9.59 Å². The smallest absolute Gasteiger partial charge is 0.290 e. The van der Waals surface area contributed by atoms with Gasteiger partial charge in [-0.2, -0.15) is 0 Å². The van der Waals surface area contributed by atoms with Crippen LogP contribution in [0, 0.1) is 0 Å². The van der Waals surface area contributed by atoms with Crippen molar-refractivity contribution in [2.75, 3.05) is 40.4 Å². The first-order chi connectivity index (χ1) is 15.5. The molecule has 0 bridgehead atoms. The lowest BCUT2D eigenvalue weighted by Crippen LogP contribution is -2.34. The van der Waals surface area contributed by atoms with Gasteiger partial charge in [0, 0.05) is 12.1 Å². The average Bonchev–Trinajstić information content (AvgIpc) is 3.44. The van der Waals surface area contributed by atoms with Gasteiger partial charge in [0.1, 0.15) is 11.5 Å². The molecule has 0 radical (unpaired) electrons. The molecule has 2 aromatic rings. The second-order valence-corrected chi connectivity index (χ2v) is 7.46. The molecule has 2 heterocycles. The quantitative estimate of drug-likeness (QED) is 0.532. The van der Waals surface area contributed by atoms with E-state index >= 15 is 0 Å². The van der Waals surface area contributed by atoms with E-state index in [1.54, 1.807) is 24.3 Å². The van der Waals surface area contributed by atoms with E-state index in [-0.39, 0.29) is 11.3 Å². The summed E-state index contributed by atoms with van der Waals surface area (Å²) in [6.07, 6.45) is 2.07. The van der Waals surface area contributed by atoms with E-state index < -0.39 is 23.5 Å². The molecule has 1 amide bonds. The van der Waals surface area contributed by atoms with Crippen LogP contribution in [0.5, 0.6) is 11.5 Å². The van der Waals surface area contributed by atoms with Crippen molar-refractivity contribution in [1.29, 1.82) is 0 Å². The number of methoxy groups -OCH3 is 2. The maximum Gasteiger partial charge on any atom is 0.290 e. The summed E-state index contributed by atoms with van der Waals surface area (Å²) >= 11 is 0. The van der Waals surface area contributed by atoms with Gasteiger partial charge in [-0.25, -0.2) is 0 Å². The monoisotopic (exact) mass is 442 g/mol. The minimum absolute atomic E-state index is 0.0284. The highest BCUT2D eigenvalue weighted by atomic mass is 16.5. The highest BCUT2D eigenvalue weighted by molar-refractivity contribution is 6.15. The van der Waals surface area contributed by atoms with Crippen molar-refractivity contribution in [3.8, 4) is 11.5 Å². The lowest BCUT2D eigenvalue weighted by molar-refractivity contribution is -0.129. The van der Waals surface area contributed by atoms with Crippen molar-refractivity contribution in [2.24, 2.45) is 0 Å². The number of rotatable bonds is 11. The number of carbonyl (C=O) groups excluding carboxylic acids is 2. The number of carbonyl (C=O) groups is 2. The average molecular weight is 443 g/mol. The summed E-state index contributed by atoms with van der Waals surface area (Å²) in [5.41, 5.74) is 0.529. The zero-order valence-corrected chi connectivity index (χ0v) is 19.0. The van der Waals surface area contributed by atoms with Gasteiger partial charge in [-0.05, 0) is 56.4 Å². The van der Waals surface area contributed by atoms with E-state index in [0.717, 1.165) is 19.6 Å². The number of amides is 1. The van der Waals surface area contributed by atoms with Crippen molar-refractivity contribution in [1.82, 2.24) is 9.80 Å². The predicted molar refractivity (Wildman–Crippen MR) is 119 cm³/mol. The van der Waals surface area contributed by atoms with E-state index in [2.05, 4.69) is 18.7 Å². The Labute approximate surface area is 188 Å². The number of ketones is 1. The standard InChI is InChI=1S/C24H30N2O6/c1-5-25(6-2)12-8-13-26-21(17-15-16(30-3)10-11-18(17)31-4)20(23(28)24(26)29)22(27)19-9-7-14-32-19/h7,9-11,14-15,21,28H,5-6,8,12-13H2,1-4H3/t21-/m1/s1. The van der Waals surface area contributed by atoms with E-state index in [9.17, 15) is 14.7 Å². The van der Waals surface area contributed by atoms with Crippen LogP contribution in [0.15, 0.2) is 52.3 Å². The van der Waals surface area contributed by atoms with Gasteiger partial charge in [-0.15, -0.1) is 0 Å². The van der Waals surface area contributed by atoms with Gasteiger partial charge < -0.3 is 28.8 Å². The minimum atomic E-state index is -0.832. The van der Waals surface area contributed by atoms with Gasteiger partial charge in [0.25, 0.3) is 5.91 Å². The molecule has 0 spiro atoms. The second-order valence-electron chi connectivity index (χ2n) is 7.46. The van der Waals surface area contributed by atoms with Crippen molar-refractivity contribution in [2.45, 2.75) is 26.3 Å². The molecule has 1 aromatic carbocycles. The Morgan fingerprint density at radius 3 is 2.53 bits per heavy atom. The van der Waals surface area contributed by atoms with E-state index in [0.29, 0.717) is 30.0 Å². The van der Waals surface area contributed by atoms with Crippen LogP contribution in [0.2, 0.25) is 0 Å². The fourth-order valence-corrected chi connectivity index (χ4v) is 4.04. The number of hydrogen-bond donors (Lipinski definition) is 1. The summed E-state index contributed by atoms with van der Waals surface area (Å²) in [7, 11) is 3.06. The third kappa shape index (κ3) is 4.50. The lowest BCUT2D eigenvalue weighted by Gasteiger charge is -2.29. The van der Waals surface area contributed by atoms with Crippen LogP contribution < -0.4 is 9.47 Å². The highest BCUT2D eigenvalue weighted by Crippen LogP contribution is 2.43. The Kier molecular flexibility index (Phi) is 7.58. The van der Waals surface area contributed by atoms with Gasteiger partial charge in [0.05, 0.1) is 32.1 Å². The van der Waals surface area contributed by atoms with Crippen LogP contribution in [0.3, 0.4) is 0 Å². The van der Waals surface area contributed by atoms with E-state index in [4.69, 9.17) is 13.9 Å². The minimum Gasteiger partial charge on any atom is -0.503 e. The first-order valence-corrected chi connectivity index (χ1v) is 10.7. The zero-order chi connectivity index (χ0) is 23.3. The number of nitrogens with zero attached hydrogens (tertiary/aromatic N) is 2. The predicted octanol–water partition coefficient (Wildman–Crippen LogP) is 3.61. The van der Waals surface area contributed by atoms with Crippen LogP contribution in [0.1, 0.15) is 42.4 Å². The molecule has 0 aliphatic carbocycles. The Bertz CT molecular complexity index is 978.